The van der Waals surface area contributed by atoms with Crippen molar-refractivity contribution in [3.05, 3.63) is 34.9 Å². The molecule has 1 aliphatic rings. The van der Waals surface area contributed by atoms with Gasteiger partial charge in [-0.3, -0.25) is 9.59 Å². The summed E-state index contributed by atoms with van der Waals surface area (Å²) in [7, 11) is 0. The van der Waals surface area contributed by atoms with E-state index in [1.165, 1.54) is 0 Å². The Labute approximate surface area is 184 Å². The van der Waals surface area contributed by atoms with E-state index in [1.54, 1.807) is 34.1 Å². The second-order valence-electron chi connectivity index (χ2n) is 9.18. The van der Waals surface area contributed by atoms with Crippen LogP contribution in [0.1, 0.15) is 51.9 Å². The number of carbonyl (C=O) groups excluding carboxylic acids is 3. The molecule has 0 saturated carbocycles. The lowest BCUT2D eigenvalue weighted by Gasteiger charge is -2.41. The molecule has 0 spiro atoms. The van der Waals surface area contributed by atoms with Crippen molar-refractivity contribution in [3.8, 4) is 0 Å². The normalized spacial score (nSPS) is 18.2. The Kier molecular flexibility index (Phi) is 7.75. The second kappa shape index (κ2) is 9.69. The number of hydrogen-bond acceptors (Lipinski definition) is 3. The molecule has 30 heavy (non-hydrogen) atoms. The van der Waals surface area contributed by atoms with Crippen LogP contribution in [0.5, 0.6) is 0 Å². The number of carbonyl (C=O) groups is 3. The van der Waals surface area contributed by atoms with Crippen LogP contribution in [-0.2, 0) is 4.79 Å². The van der Waals surface area contributed by atoms with Crippen molar-refractivity contribution in [1.29, 1.82) is 0 Å². The van der Waals surface area contributed by atoms with Crippen molar-refractivity contribution in [2.45, 2.75) is 59.2 Å². The van der Waals surface area contributed by atoms with Crippen LogP contribution in [0.25, 0.3) is 0 Å². The monoisotopic (exact) mass is 436 g/mol. The standard InChI is InChI=1S/C22H33ClN4O3/c1-14(2)18(24-21(30)25-22(4,5)6)20(29)26-11-12-27(15(3)13-26)19(28)16-9-7-8-10-17(16)23/h7-10,14-15,18H,11-13H2,1-6H3,(H2,24,25,30). The van der Waals surface area contributed by atoms with E-state index < -0.39 is 11.6 Å². The fourth-order valence-corrected chi connectivity index (χ4v) is 3.69. The Bertz CT molecular complexity index is 791. The Morgan fingerprint density at radius 3 is 2.30 bits per heavy atom. The summed E-state index contributed by atoms with van der Waals surface area (Å²) in [4.78, 5) is 41.8. The van der Waals surface area contributed by atoms with E-state index in [0.29, 0.717) is 30.2 Å². The highest BCUT2D eigenvalue weighted by atomic mass is 35.5. The van der Waals surface area contributed by atoms with Gasteiger partial charge in [-0.1, -0.05) is 37.6 Å². The third kappa shape index (κ3) is 6.11. The van der Waals surface area contributed by atoms with Crippen LogP contribution in [0.3, 0.4) is 0 Å². The van der Waals surface area contributed by atoms with Crippen molar-refractivity contribution in [2.24, 2.45) is 5.92 Å². The molecule has 2 rings (SSSR count). The molecule has 7 nitrogen and oxygen atoms in total. The summed E-state index contributed by atoms with van der Waals surface area (Å²) in [6.45, 7) is 12.6. The van der Waals surface area contributed by atoms with Gasteiger partial charge in [-0.25, -0.2) is 4.79 Å². The molecule has 1 aromatic rings. The Balaban J connectivity index is 2.05. The molecular weight excluding hydrogens is 404 g/mol. The van der Waals surface area contributed by atoms with E-state index in [0.717, 1.165) is 0 Å². The van der Waals surface area contributed by atoms with Crippen LogP contribution in [0, 0.1) is 5.92 Å². The highest BCUT2D eigenvalue weighted by molar-refractivity contribution is 6.33. The molecule has 166 valence electrons. The van der Waals surface area contributed by atoms with Gasteiger partial charge in [-0.05, 0) is 45.7 Å². The van der Waals surface area contributed by atoms with E-state index in [-0.39, 0.29) is 29.8 Å². The van der Waals surface area contributed by atoms with Gasteiger partial charge in [0.05, 0.1) is 10.6 Å². The van der Waals surface area contributed by atoms with Gasteiger partial charge < -0.3 is 20.4 Å². The molecule has 1 aliphatic heterocycles. The number of amides is 4. The van der Waals surface area contributed by atoms with E-state index in [9.17, 15) is 14.4 Å². The average molecular weight is 437 g/mol. The zero-order valence-corrected chi connectivity index (χ0v) is 19.4. The van der Waals surface area contributed by atoms with Gasteiger partial charge in [0.25, 0.3) is 5.91 Å². The Hall–Kier alpha value is -2.28. The topological polar surface area (TPSA) is 81.8 Å². The fourth-order valence-electron chi connectivity index (χ4n) is 3.48. The van der Waals surface area contributed by atoms with Gasteiger partial charge in [0.15, 0.2) is 0 Å². The lowest BCUT2D eigenvalue weighted by molar-refractivity contribution is -0.136. The Morgan fingerprint density at radius 2 is 1.77 bits per heavy atom. The first kappa shape index (κ1) is 24.0. The lowest BCUT2D eigenvalue weighted by Crippen LogP contribution is -2.61. The van der Waals surface area contributed by atoms with Crippen LogP contribution in [0.15, 0.2) is 24.3 Å². The molecular formula is C22H33ClN4O3. The molecule has 0 aromatic heterocycles. The van der Waals surface area contributed by atoms with E-state index in [4.69, 9.17) is 11.6 Å². The average Bonchev–Trinajstić information content (AvgIpc) is 2.63. The molecule has 2 unspecified atom stereocenters. The van der Waals surface area contributed by atoms with Gasteiger partial charge in [0, 0.05) is 31.2 Å². The number of hydrogen-bond donors (Lipinski definition) is 2. The maximum Gasteiger partial charge on any atom is 0.315 e. The van der Waals surface area contributed by atoms with Gasteiger partial charge in [0.2, 0.25) is 5.91 Å². The van der Waals surface area contributed by atoms with Gasteiger partial charge in [-0.15, -0.1) is 0 Å². The van der Waals surface area contributed by atoms with E-state index in [2.05, 4.69) is 10.6 Å². The summed E-state index contributed by atoms with van der Waals surface area (Å²) in [5.74, 6) is -0.338. The molecule has 0 bridgehead atoms. The molecule has 1 fully saturated rings. The summed E-state index contributed by atoms with van der Waals surface area (Å²) in [5.41, 5.74) is 0.0693. The third-order valence-electron chi connectivity index (χ3n) is 5.01. The molecule has 2 atom stereocenters. The van der Waals surface area contributed by atoms with Gasteiger partial charge in [0.1, 0.15) is 6.04 Å². The highest BCUT2D eigenvalue weighted by Gasteiger charge is 2.35. The smallest absolute Gasteiger partial charge is 0.315 e. The largest absolute Gasteiger partial charge is 0.337 e. The minimum Gasteiger partial charge on any atom is -0.337 e. The Morgan fingerprint density at radius 1 is 1.13 bits per heavy atom. The van der Waals surface area contributed by atoms with Crippen molar-refractivity contribution in [2.75, 3.05) is 19.6 Å². The second-order valence-corrected chi connectivity index (χ2v) is 9.59. The quantitative estimate of drug-likeness (QED) is 0.760. The molecule has 0 radical (unpaired) electrons. The zero-order chi connectivity index (χ0) is 22.6. The first-order valence-corrected chi connectivity index (χ1v) is 10.7. The number of nitrogens with zero attached hydrogens (tertiary/aromatic N) is 2. The van der Waals surface area contributed by atoms with Crippen molar-refractivity contribution in [1.82, 2.24) is 20.4 Å². The highest BCUT2D eigenvalue weighted by Crippen LogP contribution is 2.21. The van der Waals surface area contributed by atoms with Gasteiger partial charge in [-0.2, -0.15) is 0 Å². The minimum absolute atomic E-state index is 0.0682. The zero-order valence-electron chi connectivity index (χ0n) is 18.7. The summed E-state index contributed by atoms with van der Waals surface area (Å²) in [6, 6.07) is 5.81. The molecule has 4 amide bonds. The van der Waals surface area contributed by atoms with Crippen LogP contribution in [0.4, 0.5) is 4.79 Å². The fraction of sp³-hybridized carbons (Fsp3) is 0.591. The molecule has 8 heteroatoms. The molecule has 1 heterocycles. The SMILES string of the molecule is CC(C)C(NC(=O)NC(C)(C)C)C(=O)N1CCN(C(=O)c2ccccc2Cl)C(C)C1. The van der Waals surface area contributed by atoms with Crippen molar-refractivity contribution >= 4 is 29.4 Å². The van der Waals surface area contributed by atoms with Gasteiger partial charge >= 0.3 is 6.03 Å². The molecule has 2 N–H and O–H groups in total. The number of nitrogens with one attached hydrogen (secondary N) is 2. The van der Waals surface area contributed by atoms with Crippen LogP contribution >= 0.6 is 11.6 Å². The number of rotatable bonds is 4. The lowest BCUT2D eigenvalue weighted by atomic mass is 10.0. The molecule has 1 saturated heterocycles. The summed E-state index contributed by atoms with van der Waals surface area (Å²) >= 11 is 6.18. The van der Waals surface area contributed by atoms with Crippen molar-refractivity contribution in [3.63, 3.8) is 0 Å². The van der Waals surface area contributed by atoms with Crippen LogP contribution in [0.2, 0.25) is 5.02 Å². The maximum absolute atomic E-state index is 13.1. The first-order valence-electron chi connectivity index (χ1n) is 10.3. The maximum atomic E-state index is 13.1. The number of piperazine rings is 1. The van der Waals surface area contributed by atoms with Crippen molar-refractivity contribution < 1.29 is 14.4 Å². The summed E-state index contributed by atoms with van der Waals surface area (Å²) < 4.78 is 0. The van der Waals surface area contributed by atoms with E-state index in [1.807, 2.05) is 41.5 Å². The van der Waals surface area contributed by atoms with E-state index >= 15 is 0 Å². The molecule has 1 aromatic carbocycles. The minimum atomic E-state index is -0.634. The number of halogens is 1. The predicted molar refractivity (Wildman–Crippen MR) is 119 cm³/mol. The predicted octanol–water partition coefficient (Wildman–Crippen LogP) is 3.14. The number of urea groups is 1. The van der Waals surface area contributed by atoms with Crippen LogP contribution < -0.4 is 10.6 Å². The van der Waals surface area contributed by atoms with Crippen LogP contribution in [-0.4, -0.2) is 64.9 Å². The molecule has 0 aliphatic carbocycles. The summed E-state index contributed by atoms with van der Waals surface area (Å²) in [5, 5.41) is 6.06. The first-order chi connectivity index (χ1) is 13.9. The number of benzene rings is 1. The third-order valence-corrected chi connectivity index (χ3v) is 5.34. The summed E-state index contributed by atoms with van der Waals surface area (Å²) in [6.07, 6.45) is 0.